The first-order valence-corrected chi connectivity index (χ1v) is 12.7. The van der Waals surface area contributed by atoms with Gasteiger partial charge >= 0.3 is 0 Å². The summed E-state index contributed by atoms with van der Waals surface area (Å²) in [5, 5.41) is 13.5. The molecular formula is C31H33N5O3. The zero-order valence-corrected chi connectivity index (χ0v) is 22.9. The predicted molar refractivity (Wildman–Crippen MR) is 153 cm³/mol. The van der Waals surface area contributed by atoms with Gasteiger partial charge in [0.15, 0.2) is 11.5 Å². The van der Waals surface area contributed by atoms with Crippen LogP contribution in [0.4, 0.5) is 0 Å². The maximum atomic E-state index is 13.0. The number of benzene rings is 2. The van der Waals surface area contributed by atoms with Gasteiger partial charge in [-0.3, -0.25) is 4.79 Å². The molecule has 0 radical (unpaired) electrons. The first-order valence-electron chi connectivity index (χ1n) is 12.7. The molecule has 1 amide bonds. The number of pyridine rings is 1. The van der Waals surface area contributed by atoms with Crippen LogP contribution in [0.3, 0.4) is 0 Å². The van der Waals surface area contributed by atoms with Gasteiger partial charge in [-0.25, -0.2) is 4.98 Å². The Morgan fingerprint density at radius 3 is 2.51 bits per heavy atom. The number of nitrogens with one attached hydrogen (secondary N) is 2. The van der Waals surface area contributed by atoms with Crippen LogP contribution >= 0.6 is 0 Å². The summed E-state index contributed by atoms with van der Waals surface area (Å²) in [6.45, 7) is 2.84. The number of fused-ring (bicyclic) bond motifs is 1. The zero-order valence-electron chi connectivity index (χ0n) is 22.9. The van der Waals surface area contributed by atoms with Gasteiger partial charge in [-0.1, -0.05) is 30.3 Å². The Morgan fingerprint density at radius 2 is 1.85 bits per heavy atom. The number of hydrogen-bond donors (Lipinski definition) is 2. The summed E-state index contributed by atoms with van der Waals surface area (Å²) in [6, 6.07) is 17.6. The summed E-state index contributed by atoms with van der Waals surface area (Å²) >= 11 is 0. The molecule has 2 heterocycles. The van der Waals surface area contributed by atoms with Crippen molar-refractivity contribution in [2.75, 3.05) is 34.9 Å². The highest BCUT2D eigenvalue weighted by Gasteiger charge is 2.17. The average molecular weight is 524 g/mol. The van der Waals surface area contributed by atoms with Gasteiger partial charge in [0.2, 0.25) is 0 Å². The molecule has 0 aliphatic rings. The van der Waals surface area contributed by atoms with Gasteiger partial charge in [0.25, 0.3) is 5.91 Å². The molecule has 1 atom stereocenters. The van der Waals surface area contributed by atoms with E-state index in [1.54, 1.807) is 38.6 Å². The lowest BCUT2D eigenvalue weighted by Crippen LogP contribution is -2.27. The third-order valence-corrected chi connectivity index (χ3v) is 6.62. The molecular weight excluding hydrogens is 490 g/mol. The van der Waals surface area contributed by atoms with Crippen molar-refractivity contribution < 1.29 is 14.3 Å². The van der Waals surface area contributed by atoms with E-state index >= 15 is 0 Å². The Morgan fingerprint density at radius 1 is 1.10 bits per heavy atom. The highest BCUT2D eigenvalue weighted by atomic mass is 16.5. The number of rotatable bonds is 10. The smallest absolute Gasteiger partial charge is 0.262 e. The van der Waals surface area contributed by atoms with Crippen molar-refractivity contribution in [2.24, 2.45) is 0 Å². The summed E-state index contributed by atoms with van der Waals surface area (Å²) in [5.74, 6) is 0.703. The normalized spacial score (nSPS) is 12.3. The molecule has 0 spiro atoms. The molecule has 0 aliphatic carbocycles. The van der Waals surface area contributed by atoms with E-state index in [0.29, 0.717) is 22.7 Å². The number of carbonyl (C=O) groups is 1. The second-order valence-electron chi connectivity index (χ2n) is 9.59. The number of hydrogen-bond acceptors (Lipinski definition) is 6. The number of ether oxygens (including phenoxy) is 2. The summed E-state index contributed by atoms with van der Waals surface area (Å²) in [5.41, 5.74) is 5.51. The standard InChI is InChI=1S/C31H33N5O3/c1-20(23-10-11-28(38-4)29(16-23)39-5)35-31(37)24(17-32)14-26-19-34-30-27(26)15-25(18-33-30)22-8-6-21(7-9-22)12-13-36(2)3/h6-11,14-16,18-20H,12-13H2,1-5H3,(H,33,34)(H,35,37)/b24-14+/t20-/m1/s1. The molecule has 8 heteroatoms. The van der Waals surface area contributed by atoms with Gasteiger partial charge in [0, 0.05) is 35.5 Å². The van der Waals surface area contributed by atoms with Crippen LogP contribution in [0.15, 0.2) is 66.5 Å². The Hall–Kier alpha value is -4.61. The number of methoxy groups -OCH3 is 2. The molecule has 0 aliphatic heterocycles. The van der Waals surface area contributed by atoms with E-state index in [1.165, 1.54) is 5.56 Å². The topological polar surface area (TPSA) is 103 Å². The van der Waals surface area contributed by atoms with E-state index in [9.17, 15) is 10.1 Å². The van der Waals surface area contributed by atoms with Crippen molar-refractivity contribution in [3.63, 3.8) is 0 Å². The number of nitrogens with zero attached hydrogens (tertiary/aromatic N) is 3. The fourth-order valence-corrected chi connectivity index (χ4v) is 4.30. The van der Waals surface area contributed by atoms with Gasteiger partial charge in [0.05, 0.1) is 20.3 Å². The molecule has 0 saturated carbocycles. The van der Waals surface area contributed by atoms with Crippen LogP contribution in [0.25, 0.3) is 28.2 Å². The fourth-order valence-electron chi connectivity index (χ4n) is 4.30. The second-order valence-corrected chi connectivity index (χ2v) is 9.59. The monoisotopic (exact) mass is 523 g/mol. The number of H-pyrrole nitrogens is 1. The maximum absolute atomic E-state index is 13.0. The first kappa shape index (κ1) is 27.4. The van der Waals surface area contributed by atoms with Crippen LogP contribution in [0.2, 0.25) is 0 Å². The number of aromatic nitrogens is 2. The van der Waals surface area contributed by atoms with E-state index in [0.717, 1.165) is 35.0 Å². The van der Waals surface area contributed by atoms with Crippen LogP contribution in [-0.2, 0) is 11.2 Å². The van der Waals surface area contributed by atoms with Gasteiger partial charge in [-0.05, 0) is 68.4 Å². The van der Waals surface area contributed by atoms with Crippen LogP contribution in [0.5, 0.6) is 11.5 Å². The molecule has 2 N–H and O–H groups in total. The molecule has 8 nitrogen and oxygen atoms in total. The summed E-state index contributed by atoms with van der Waals surface area (Å²) in [7, 11) is 7.26. The van der Waals surface area contributed by atoms with Gasteiger partial charge in [0.1, 0.15) is 17.3 Å². The minimum Gasteiger partial charge on any atom is -0.493 e. The van der Waals surface area contributed by atoms with Crippen LogP contribution in [0.1, 0.15) is 29.7 Å². The minimum absolute atomic E-state index is 0.00104. The van der Waals surface area contributed by atoms with Crippen LogP contribution in [-0.4, -0.2) is 55.6 Å². The quantitative estimate of drug-likeness (QED) is 0.221. The Kier molecular flexibility index (Phi) is 8.64. The van der Waals surface area contributed by atoms with E-state index in [-0.39, 0.29) is 11.6 Å². The minimum atomic E-state index is -0.466. The third-order valence-electron chi connectivity index (χ3n) is 6.62. The Balaban J connectivity index is 1.55. The predicted octanol–water partition coefficient (Wildman–Crippen LogP) is 5.14. The number of nitriles is 1. The number of carbonyl (C=O) groups excluding carboxylic acids is 1. The molecule has 4 aromatic rings. The van der Waals surface area contributed by atoms with Crippen molar-refractivity contribution >= 4 is 23.0 Å². The Labute approximate surface area is 228 Å². The van der Waals surface area contributed by atoms with E-state index < -0.39 is 5.91 Å². The average Bonchev–Trinajstić information content (AvgIpc) is 3.36. The summed E-state index contributed by atoms with van der Waals surface area (Å²) in [4.78, 5) is 22.9. The fraction of sp³-hybridized carbons (Fsp3) is 0.258. The molecule has 0 unspecified atom stereocenters. The molecule has 4 rings (SSSR count). The van der Waals surface area contributed by atoms with E-state index in [2.05, 4.69) is 58.5 Å². The maximum Gasteiger partial charge on any atom is 0.262 e. The molecule has 2 aromatic carbocycles. The Bertz CT molecular complexity index is 1530. The van der Waals surface area contributed by atoms with Gasteiger partial charge in [-0.15, -0.1) is 0 Å². The highest BCUT2D eigenvalue weighted by Crippen LogP contribution is 2.30. The largest absolute Gasteiger partial charge is 0.493 e. The van der Waals surface area contributed by atoms with Gasteiger partial charge in [-0.2, -0.15) is 5.26 Å². The van der Waals surface area contributed by atoms with Crippen LogP contribution < -0.4 is 14.8 Å². The highest BCUT2D eigenvalue weighted by molar-refractivity contribution is 6.04. The lowest BCUT2D eigenvalue weighted by atomic mass is 10.0. The molecule has 0 bridgehead atoms. The molecule has 39 heavy (non-hydrogen) atoms. The van der Waals surface area contributed by atoms with Crippen molar-refractivity contribution in [3.05, 3.63) is 83.2 Å². The molecule has 0 saturated heterocycles. The lowest BCUT2D eigenvalue weighted by molar-refractivity contribution is -0.117. The molecule has 2 aromatic heterocycles. The van der Waals surface area contributed by atoms with Gasteiger partial charge < -0.3 is 24.7 Å². The van der Waals surface area contributed by atoms with Crippen molar-refractivity contribution in [1.82, 2.24) is 20.2 Å². The first-order chi connectivity index (χ1) is 18.8. The van der Waals surface area contributed by atoms with E-state index in [4.69, 9.17) is 9.47 Å². The number of likely N-dealkylation sites (N-methyl/N-ethyl adjacent to an activating group) is 1. The lowest BCUT2D eigenvalue weighted by Gasteiger charge is -2.16. The zero-order chi connectivity index (χ0) is 27.9. The molecule has 0 fully saturated rings. The van der Waals surface area contributed by atoms with Crippen molar-refractivity contribution in [2.45, 2.75) is 19.4 Å². The second kappa shape index (κ2) is 12.3. The number of amides is 1. The SMILES string of the molecule is COc1ccc([C@@H](C)NC(=O)/C(C#N)=C/c2c[nH]c3ncc(-c4ccc(CCN(C)C)cc4)cc23)cc1OC. The third kappa shape index (κ3) is 6.46. The summed E-state index contributed by atoms with van der Waals surface area (Å²) < 4.78 is 10.7. The summed E-state index contributed by atoms with van der Waals surface area (Å²) in [6.07, 6.45) is 6.16. The van der Waals surface area contributed by atoms with E-state index in [1.807, 2.05) is 31.3 Å². The van der Waals surface area contributed by atoms with Crippen LogP contribution in [0, 0.1) is 11.3 Å². The number of aromatic amines is 1. The molecule has 200 valence electrons. The van der Waals surface area contributed by atoms with Crippen molar-refractivity contribution in [1.29, 1.82) is 5.26 Å². The van der Waals surface area contributed by atoms with Crippen molar-refractivity contribution in [3.8, 4) is 28.7 Å².